The monoisotopic (exact) mass is 330 g/mol. The summed E-state index contributed by atoms with van der Waals surface area (Å²) in [5.41, 5.74) is 1.58. The minimum atomic E-state index is 0.0654. The highest BCUT2D eigenvalue weighted by Crippen LogP contribution is 2.34. The predicted molar refractivity (Wildman–Crippen MR) is 93.9 cm³/mol. The number of hydrogen-bond donors (Lipinski definition) is 1. The molecule has 24 heavy (non-hydrogen) atoms. The maximum absolute atomic E-state index is 13.0. The van der Waals surface area contributed by atoms with E-state index in [9.17, 15) is 4.79 Å². The number of methoxy groups -OCH3 is 2. The smallest absolute Gasteiger partial charge is 0.254 e. The Morgan fingerprint density at radius 1 is 1.29 bits per heavy atom. The molecule has 2 fully saturated rings. The van der Waals surface area contributed by atoms with Crippen molar-refractivity contribution in [3.8, 4) is 11.5 Å². The Kier molecular flexibility index (Phi) is 5.09. The fourth-order valence-electron chi connectivity index (χ4n) is 3.78. The first-order chi connectivity index (χ1) is 11.7. The van der Waals surface area contributed by atoms with Crippen molar-refractivity contribution in [2.75, 3.05) is 27.3 Å². The topological polar surface area (TPSA) is 50.8 Å². The third-order valence-electron chi connectivity index (χ3n) is 4.98. The molecule has 2 aliphatic heterocycles. The lowest BCUT2D eigenvalue weighted by Gasteiger charge is -2.25. The molecule has 0 spiro atoms. The highest BCUT2D eigenvalue weighted by Gasteiger charge is 2.31. The molecule has 5 heteroatoms. The van der Waals surface area contributed by atoms with Crippen molar-refractivity contribution in [1.82, 2.24) is 10.2 Å². The average Bonchev–Trinajstić information content (AvgIpc) is 2.92. The van der Waals surface area contributed by atoms with E-state index in [1.807, 2.05) is 11.0 Å². The average molecular weight is 330 g/mol. The lowest BCUT2D eigenvalue weighted by atomic mass is 10.0. The summed E-state index contributed by atoms with van der Waals surface area (Å²) in [6, 6.07) is 4.68. The second-order valence-electron chi connectivity index (χ2n) is 6.54. The van der Waals surface area contributed by atoms with Crippen molar-refractivity contribution < 1.29 is 14.3 Å². The van der Waals surface area contributed by atoms with Gasteiger partial charge in [0.05, 0.1) is 14.2 Å². The van der Waals surface area contributed by atoms with Gasteiger partial charge in [-0.3, -0.25) is 4.79 Å². The van der Waals surface area contributed by atoms with Crippen LogP contribution in [0.25, 0.3) is 0 Å². The number of ether oxygens (including phenoxy) is 2. The van der Waals surface area contributed by atoms with E-state index in [1.165, 1.54) is 6.42 Å². The highest BCUT2D eigenvalue weighted by atomic mass is 16.5. The minimum Gasteiger partial charge on any atom is -0.493 e. The molecule has 130 valence electrons. The number of nitrogens with one attached hydrogen (secondary N) is 1. The summed E-state index contributed by atoms with van der Waals surface area (Å²) < 4.78 is 10.9. The van der Waals surface area contributed by atoms with Crippen molar-refractivity contribution in [1.29, 1.82) is 0 Å². The molecule has 0 saturated carbocycles. The number of likely N-dealkylation sites (tertiary alicyclic amines) is 1. The first-order valence-corrected chi connectivity index (χ1v) is 8.57. The Hall–Kier alpha value is -2.01. The molecule has 0 aromatic heterocycles. The van der Waals surface area contributed by atoms with E-state index in [1.54, 1.807) is 26.4 Å². The maximum atomic E-state index is 13.0. The summed E-state index contributed by atoms with van der Waals surface area (Å²) in [5.74, 6) is 1.33. The van der Waals surface area contributed by atoms with Gasteiger partial charge >= 0.3 is 0 Å². The zero-order chi connectivity index (χ0) is 17.1. The fourth-order valence-corrected chi connectivity index (χ4v) is 3.78. The van der Waals surface area contributed by atoms with Crippen LogP contribution in [0.15, 0.2) is 24.8 Å². The third kappa shape index (κ3) is 3.26. The number of benzene rings is 1. The van der Waals surface area contributed by atoms with Gasteiger partial charge in [0.25, 0.3) is 5.91 Å². The molecule has 3 rings (SSSR count). The van der Waals surface area contributed by atoms with Gasteiger partial charge in [-0.1, -0.05) is 6.08 Å². The van der Waals surface area contributed by atoms with Crippen LogP contribution in [-0.4, -0.2) is 50.2 Å². The molecule has 2 heterocycles. The van der Waals surface area contributed by atoms with E-state index < -0.39 is 0 Å². The summed E-state index contributed by atoms with van der Waals surface area (Å²) in [6.07, 6.45) is 5.84. The molecule has 2 unspecified atom stereocenters. The molecule has 1 amide bonds. The van der Waals surface area contributed by atoms with Crippen molar-refractivity contribution >= 4 is 5.91 Å². The van der Waals surface area contributed by atoms with E-state index >= 15 is 0 Å². The molecule has 1 N–H and O–H groups in total. The molecule has 5 nitrogen and oxygen atoms in total. The highest BCUT2D eigenvalue weighted by molar-refractivity contribution is 5.95. The van der Waals surface area contributed by atoms with Crippen LogP contribution in [0.5, 0.6) is 11.5 Å². The molecule has 2 bridgehead atoms. The zero-order valence-corrected chi connectivity index (χ0v) is 14.5. The van der Waals surface area contributed by atoms with Gasteiger partial charge < -0.3 is 19.7 Å². The van der Waals surface area contributed by atoms with Gasteiger partial charge in [0, 0.05) is 36.3 Å². The van der Waals surface area contributed by atoms with Crippen molar-refractivity contribution in [2.45, 2.75) is 37.8 Å². The summed E-state index contributed by atoms with van der Waals surface area (Å²) in [5, 5.41) is 3.61. The number of hydrogen-bond acceptors (Lipinski definition) is 4. The molecular weight excluding hydrogens is 304 g/mol. The van der Waals surface area contributed by atoms with Gasteiger partial charge in [0.15, 0.2) is 11.5 Å². The number of carbonyl (C=O) groups excluding carboxylic acids is 1. The summed E-state index contributed by atoms with van der Waals surface area (Å²) in [4.78, 5) is 15.0. The van der Waals surface area contributed by atoms with E-state index in [-0.39, 0.29) is 5.91 Å². The number of rotatable bonds is 5. The van der Waals surface area contributed by atoms with Crippen LogP contribution in [0.1, 0.15) is 35.2 Å². The van der Waals surface area contributed by atoms with Crippen LogP contribution in [0.2, 0.25) is 0 Å². The number of amides is 1. The molecule has 2 saturated heterocycles. The number of nitrogens with zero attached hydrogens (tertiary/aromatic N) is 1. The first kappa shape index (κ1) is 16.8. The van der Waals surface area contributed by atoms with Gasteiger partial charge in [-0.15, -0.1) is 6.58 Å². The van der Waals surface area contributed by atoms with Crippen LogP contribution in [-0.2, 0) is 6.42 Å². The van der Waals surface area contributed by atoms with Crippen LogP contribution in [0, 0.1) is 0 Å². The Balaban J connectivity index is 1.88. The normalized spacial score (nSPS) is 22.8. The molecule has 1 aromatic rings. The van der Waals surface area contributed by atoms with Crippen molar-refractivity contribution in [2.24, 2.45) is 0 Å². The lowest BCUT2D eigenvalue weighted by molar-refractivity contribution is 0.0747. The van der Waals surface area contributed by atoms with Gasteiger partial charge in [0.2, 0.25) is 0 Å². The fraction of sp³-hybridized carbons (Fsp3) is 0.526. The summed E-state index contributed by atoms with van der Waals surface area (Å²) in [6.45, 7) is 5.37. The summed E-state index contributed by atoms with van der Waals surface area (Å²) >= 11 is 0. The standard InChI is InChI=1S/C19H26N2O3/c1-4-5-13-10-14(11-17(23-2)18(13)24-3)19(22)21-9-8-15-6-7-16(12-21)20-15/h4,10-11,15-16,20H,1,5-9,12H2,2-3H3. The molecule has 0 aliphatic carbocycles. The van der Waals surface area contributed by atoms with Gasteiger partial charge in [-0.2, -0.15) is 0 Å². The SMILES string of the molecule is C=CCc1cc(C(=O)N2CCC3CCC(C2)N3)cc(OC)c1OC. The second-order valence-corrected chi connectivity index (χ2v) is 6.54. The third-order valence-corrected chi connectivity index (χ3v) is 4.98. The van der Waals surface area contributed by atoms with Crippen LogP contribution >= 0.6 is 0 Å². The minimum absolute atomic E-state index is 0.0654. The maximum Gasteiger partial charge on any atom is 0.254 e. The number of allylic oxidation sites excluding steroid dienone is 1. The molecule has 0 radical (unpaired) electrons. The van der Waals surface area contributed by atoms with Crippen LogP contribution in [0.4, 0.5) is 0 Å². The Labute approximate surface area is 143 Å². The predicted octanol–water partition coefficient (Wildman–Crippen LogP) is 2.40. The first-order valence-electron chi connectivity index (χ1n) is 8.57. The molecule has 2 atom stereocenters. The van der Waals surface area contributed by atoms with Gasteiger partial charge in [0.1, 0.15) is 0 Å². The Morgan fingerprint density at radius 3 is 2.79 bits per heavy atom. The van der Waals surface area contributed by atoms with E-state index in [2.05, 4.69) is 11.9 Å². The van der Waals surface area contributed by atoms with Crippen molar-refractivity contribution in [3.05, 3.63) is 35.9 Å². The quantitative estimate of drug-likeness (QED) is 0.842. The zero-order valence-electron chi connectivity index (χ0n) is 14.5. The van der Waals surface area contributed by atoms with E-state index in [4.69, 9.17) is 9.47 Å². The van der Waals surface area contributed by atoms with E-state index in [0.717, 1.165) is 31.5 Å². The lowest BCUT2D eigenvalue weighted by Crippen LogP contribution is -2.39. The van der Waals surface area contributed by atoms with E-state index in [0.29, 0.717) is 35.6 Å². The number of carbonyl (C=O) groups is 1. The molecule has 2 aliphatic rings. The molecular formula is C19H26N2O3. The Morgan fingerprint density at radius 2 is 2.08 bits per heavy atom. The van der Waals surface area contributed by atoms with Crippen LogP contribution < -0.4 is 14.8 Å². The second kappa shape index (κ2) is 7.26. The largest absolute Gasteiger partial charge is 0.493 e. The number of fused-ring (bicyclic) bond motifs is 2. The molecule has 1 aromatic carbocycles. The van der Waals surface area contributed by atoms with Crippen molar-refractivity contribution in [3.63, 3.8) is 0 Å². The van der Waals surface area contributed by atoms with Crippen LogP contribution in [0.3, 0.4) is 0 Å². The van der Waals surface area contributed by atoms with Gasteiger partial charge in [-0.05, 0) is 37.8 Å². The summed E-state index contributed by atoms with van der Waals surface area (Å²) in [7, 11) is 3.21. The van der Waals surface area contributed by atoms with Gasteiger partial charge in [-0.25, -0.2) is 0 Å². The Bertz CT molecular complexity index is 629.